The van der Waals surface area contributed by atoms with Gasteiger partial charge in [-0.1, -0.05) is 24.3 Å². The molecule has 0 radical (unpaired) electrons. The van der Waals surface area contributed by atoms with Crippen LogP contribution in [0.5, 0.6) is 5.75 Å². The first-order valence-electron chi connectivity index (χ1n) is 4.83. The van der Waals surface area contributed by atoms with Crippen LogP contribution in [0.25, 0.3) is 6.08 Å². The van der Waals surface area contributed by atoms with Gasteiger partial charge in [-0.15, -0.1) is 0 Å². The lowest BCUT2D eigenvalue weighted by atomic mass is 10.2. The first-order valence-corrected chi connectivity index (χ1v) is 4.83. The standard InChI is InChI=1S/C12H14O3/c1-2-15-11-8-6-10(7-9-11)4-3-5-12(13)14/h3-4,6-9H,2,5H2,1H3,(H,13,14)/b4-3+. The van der Waals surface area contributed by atoms with Crippen LogP contribution in [0.4, 0.5) is 0 Å². The summed E-state index contributed by atoms with van der Waals surface area (Å²) >= 11 is 0. The fourth-order valence-electron chi connectivity index (χ4n) is 1.14. The van der Waals surface area contributed by atoms with E-state index >= 15 is 0 Å². The third kappa shape index (κ3) is 4.31. The quantitative estimate of drug-likeness (QED) is 0.805. The number of hydrogen-bond donors (Lipinski definition) is 1. The van der Waals surface area contributed by atoms with Gasteiger partial charge in [-0.2, -0.15) is 0 Å². The van der Waals surface area contributed by atoms with E-state index in [4.69, 9.17) is 9.84 Å². The summed E-state index contributed by atoms with van der Waals surface area (Å²) in [6, 6.07) is 7.51. The van der Waals surface area contributed by atoms with E-state index < -0.39 is 5.97 Å². The lowest BCUT2D eigenvalue weighted by molar-refractivity contribution is -0.135. The number of carboxylic acid groups (broad SMARTS) is 1. The summed E-state index contributed by atoms with van der Waals surface area (Å²) in [7, 11) is 0. The topological polar surface area (TPSA) is 46.5 Å². The monoisotopic (exact) mass is 206 g/mol. The highest BCUT2D eigenvalue weighted by molar-refractivity contribution is 5.70. The SMILES string of the molecule is CCOc1ccc(/C=C/CC(=O)O)cc1. The Morgan fingerprint density at radius 3 is 2.60 bits per heavy atom. The number of rotatable bonds is 5. The molecule has 1 rings (SSSR count). The molecule has 0 fully saturated rings. The van der Waals surface area contributed by atoms with Crippen molar-refractivity contribution >= 4 is 12.0 Å². The number of carboxylic acids is 1. The predicted molar refractivity (Wildman–Crippen MR) is 58.9 cm³/mol. The van der Waals surface area contributed by atoms with Crippen LogP contribution in [0.3, 0.4) is 0 Å². The Balaban J connectivity index is 2.56. The van der Waals surface area contributed by atoms with Crippen LogP contribution in [0.1, 0.15) is 18.9 Å². The van der Waals surface area contributed by atoms with Gasteiger partial charge in [-0.05, 0) is 24.6 Å². The van der Waals surface area contributed by atoms with E-state index in [1.54, 1.807) is 12.2 Å². The summed E-state index contributed by atoms with van der Waals surface area (Å²) in [6.07, 6.45) is 3.45. The predicted octanol–water partition coefficient (Wildman–Crippen LogP) is 2.57. The van der Waals surface area contributed by atoms with Crippen molar-refractivity contribution in [1.82, 2.24) is 0 Å². The molecule has 0 saturated carbocycles. The lowest BCUT2D eigenvalue weighted by Crippen LogP contribution is -1.91. The number of aliphatic carboxylic acids is 1. The minimum Gasteiger partial charge on any atom is -0.494 e. The number of ether oxygens (including phenoxy) is 1. The molecule has 1 aromatic rings. The normalized spacial score (nSPS) is 10.5. The number of hydrogen-bond acceptors (Lipinski definition) is 2. The Bertz CT molecular complexity index is 338. The average molecular weight is 206 g/mol. The minimum atomic E-state index is -0.822. The molecule has 15 heavy (non-hydrogen) atoms. The highest BCUT2D eigenvalue weighted by Gasteiger charge is 1.92. The molecule has 80 valence electrons. The van der Waals surface area contributed by atoms with Crippen molar-refractivity contribution in [1.29, 1.82) is 0 Å². The summed E-state index contributed by atoms with van der Waals surface area (Å²) in [5, 5.41) is 8.43. The fraction of sp³-hybridized carbons (Fsp3) is 0.250. The third-order valence-electron chi connectivity index (χ3n) is 1.79. The van der Waals surface area contributed by atoms with Gasteiger partial charge >= 0.3 is 5.97 Å². The van der Waals surface area contributed by atoms with Crippen molar-refractivity contribution in [2.24, 2.45) is 0 Å². The zero-order valence-corrected chi connectivity index (χ0v) is 8.64. The molecule has 0 aliphatic heterocycles. The number of carbonyl (C=O) groups is 1. The minimum absolute atomic E-state index is 0.0488. The van der Waals surface area contributed by atoms with Crippen molar-refractivity contribution in [3.63, 3.8) is 0 Å². The fourth-order valence-corrected chi connectivity index (χ4v) is 1.14. The van der Waals surface area contributed by atoms with Crippen LogP contribution in [0, 0.1) is 0 Å². The van der Waals surface area contributed by atoms with Gasteiger partial charge in [0.25, 0.3) is 0 Å². The molecule has 0 spiro atoms. The maximum Gasteiger partial charge on any atom is 0.307 e. The van der Waals surface area contributed by atoms with Crippen LogP contribution in [0.15, 0.2) is 30.3 Å². The highest BCUT2D eigenvalue weighted by Crippen LogP contribution is 2.13. The van der Waals surface area contributed by atoms with Crippen molar-refractivity contribution < 1.29 is 14.6 Å². The molecule has 0 heterocycles. The molecule has 0 saturated heterocycles. The van der Waals surface area contributed by atoms with E-state index in [1.807, 2.05) is 31.2 Å². The van der Waals surface area contributed by atoms with Gasteiger partial charge in [-0.25, -0.2) is 0 Å². The van der Waals surface area contributed by atoms with Gasteiger partial charge in [-0.3, -0.25) is 4.79 Å². The molecule has 0 atom stereocenters. The Hall–Kier alpha value is -1.77. The summed E-state index contributed by atoms with van der Waals surface area (Å²) in [5.41, 5.74) is 0.972. The van der Waals surface area contributed by atoms with E-state index in [0.29, 0.717) is 6.61 Å². The highest BCUT2D eigenvalue weighted by atomic mass is 16.5. The van der Waals surface area contributed by atoms with Gasteiger partial charge in [0.1, 0.15) is 5.75 Å². The second kappa shape index (κ2) is 5.86. The third-order valence-corrected chi connectivity index (χ3v) is 1.79. The Morgan fingerprint density at radius 1 is 1.40 bits per heavy atom. The van der Waals surface area contributed by atoms with Crippen LogP contribution >= 0.6 is 0 Å². The molecule has 3 nitrogen and oxygen atoms in total. The van der Waals surface area contributed by atoms with E-state index in [-0.39, 0.29) is 6.42 Å². The molecule has 0 aliphatic rings. The van der Waals surface area contributed by atoms with Gasteiger partial charge in [0, 0.05) is 0 Å². The van der Waals surface area contributed by atoms with E-state index in [2.05, 4.69) is 0 Å². The molecule has 0 aromatic heterocycles. The van der Waals surface area contributed by atoms with Crippen molar-refractivity contribution in [2.75, 3.05) is 6.61 Å². The van der Waals surface area contributed by atoms with Gasteiger partial charge in [0.15, 0.2) is 0 Å². The van der Waals surface area contributed by atoms with E-state index in [1.165, 1.54) is 0 Å². The molecule has 1 aromatic carbocycles. The smallest absolute Gasteiger partial charge is 0.307 e. The molecular weight excluding hydrogens is 192 g/mol. The first kappa shape index (κ1) is 11.3. The summed E-state index contributed by atoms with van der Waals surface area (Å²) in [5.74, 6) is 0.00470. The lowest BCUT2D eigenvalue weighted by Gasteiger charge is -2.01. The van der Waals surface area contributed by atoms with Crippen molar-refractivity contribution in [3.8, 4) is 5.75 Å². The van der Waals surface area contributed by atoms with E-state index in [9.17, 15) is 4.79 Å². The zero-order valence-electron chi connectivity index (χ0n) is 8.64. The summed E-state index contributed by atoms with van der Waals surface area (Å²) in [6.45, 7) is 2.58. The molecule has 0 amide bonds. The molecule has 3 heteroatoms. The van der Waals surface area contributed by atoms with Crippen LogP contribution in [0.2, 0.25) is 0 Å². The van der Waals surface area contributed by atoms with Gasteiger partial charge in [0.05, 0.1) is 13.0 Å². The average Bonchev–Trinajstić information content (AvgIpc) is 2.20. The largest absolute Gasteiger partial charge is 0.494 e. The second-order valence-electron chi connectivity index (χ2n) is 3.00. The first-order chi connectivity index (χ1) is 7.22. The Labute approximate surface area is 89.0 Å². The van der Waals surface area contributed by atoms with Crippen LogP contribution in [-0.2, 0) is 4.79 Å². The maximum atomic E-state index is 10.3. The summed E-state index contributed by atoms with van der Waals surface area (Å²) < 4.78 is 5.29. The summed E-state index contributed by atoms with van der Waals surface area (Å²) in [4.78, 5) is 10.3. The molecule has 1 N–H and O–H groups in total. The second-order valence-corrected chi connectivity index (χ2v) is 3.00. The van der Waals surface area contributed by atoms with Crippen molar-refractivity contribution in [2.45, 2.75) is 13.3 Å². The Morgan fingerprint density at radius 2 is 2.07 bits per heavy atom. The maximum absolute atomic E-state index is 10.3. The zero-order chi connectivity index (χ0) is 11.1. The number of benzene rings is 1. The van der Waals surface area contributed by atoms with Crippen LogP contribution in [-0.4, -0.2) is 17.7 Å². The van der Waals surface area contributed by atoms with Crippen molar-refractivity contribution in [3.05, 3.63) is 35.9 Å². The van der Waals surface area contributed by atoms with Gasteiger partial charge in [0.2, 0.25) is 0 Å². The van der Waals surface area contributed by atoms with E-state index in [0.717, 1.165) is 11.3 Å². The molecule has 0 bridgehead atoms. The Kier molecular flexibility index (Phi) is 4.41. The van der Waals surface area contributed by atoms with Crippen LogP contribution < -0.4 is 4.74 Å². The molecule has 0 aliphatic carbocycles. The van der Waals surface area contributed by atoms with Gasteiger partial charge < -0.3 is 9.84 Å². The molecule has 0 unspecified atom stereocenters. The molecular formula is C12H14O3.